The van der Waals surface area contributed by atoms with E-state index in [4.69, 9.17) is 9.15 Å². The highest BCUT2D eigenvalue weighted by molar-refractivity contribution is 5.25. The maximum absolute atomic E-state index is 5.90. The quantitative estimate of drug-likeness (QED) is 0.848. The lowest BCUT2D eigenvalue weighted by Crippen LogP contribution is -2.34. The van der Waals surface area contributed by atoms with E-state index in [1.807, 2.05) is 16.9 Å². The van der Waals surface area contributed by atoms with Crippen molar-refractivity contribution in [2.24, 2.45) is 0 Å². The molecule has 0 N–H and O–H groups in total. The van der Waals surface area contributed by atoms with Crippen molar-refractivity contribution in [1.29, 1.82) is 0 Å². The Morgan fingerprint density at radius 3 is 3.05 bits per heavy atom. The molecule has 112 valence electrons. The molecule has 2 aromatic rings. The van der Waals surface area contributed by atoms with Gasteiger partial charge in [-0.3, -0.25) is 4.68 Å². The van der Waals surface area contributed by atoms with Crippen LogP contribution in [0.2, 0.25) is 0 Å². The fourth-order valence-corrected chi connectivity index (χ4v) is 2.65. The fraction of sp³-hybridized carbons (Fsp3) is 0.643. The van der Waals surface area contributed by atoms with Gasteiger partial charge in [-0.25, -0.2) is 0 Å². The predicted octanol–water partition coefficient (Wildman–Crippen LogP) is 1.44. The molecule has 4 rings (SSSR count). The predicted molar refractivity (Wildman–Crippen MR) is 75.1 cm³/mol. The largest absolute Gasteiger partial charge is 0.408 e. The maximum Gasteiger partial charge on any atom is 0.318 e. The van der Waals surface area contributed by atoms with Crippen molar-refractivity contribution in [2.45, 2.75) is 37.8 Å². The minimum Gasteiger partial charge on any atom is -0.408 e. The number of anilines is 1. The minimum absolute atomic E-state index is 0.0867. The Kier molecular flexibility index (Phi) is 3.34. The molecule has 3 heterocycles. The van der Waals surface area contributed by atoms with Crippen LogP contribution >= 0.6 is 0 Å². The van der Waals surface area contributed by atoms with Crippen molar-refractivity contribution in [1.82, 2.24) is 20.0 Å². The Morgan fingerprint density at radius 1 is 1.29 bits per heavy atom. The summed E-state index contributed by atoms with van der Waals surface area (Å²) < 4.78 is 13.6. The van der Waals surface area contributed by atoms with Gasteiger partial charge in [-0.2, -0.15) is 5.10 Å². The number of hydrogen-bond donors (Lipinski definition) is 0. The van der Waals surface area contributed by atoms with Crippen molar-refractivity contribution in [3.63, 3.8) is 0 Å². The summed E-state index contributed by atoms with van der Waals surface area (Å²) in [6.07, 6.45) is 7.14. The van der Waals surface area contributed by atoms with Gasteiger partial charge < -0.3 is 14.1 Å². The Bertz CT molecular complexity index is 578. The van der Waals surface area contributed by atoms with Crippen LogP contribution in [0.25, 0.3) is 0 Å². The number of hydrogen-bond acceptors (Lipinski definition) is 6. The highest BCUT2D eigenvalue weighted by Gasteiger charge is 2.31. The standard InChI is InChI=1S/C14H19N5O2/c1-5-15-19(7-1)10-12-9-18(6-2-8-20-12)14-17-16-13(21-14)11-3-4-11/h1,5,7,11-12H,2-4,6,8-10H2/t12-/m1/s1. The Labute approximate surface area is 122 Å². The van der Waals surface area contributed by atoms with E-state index in [0.717, 1.165) is 38.6 Å². The topological polar surface area (TPSA) is 69.2 Å². The van der Waals surface area contributed by atoms with Gasteiger partial charge in [-0.15, -0.1) is 5.10 Å². The molecule has 2 fully saturated rings. The van der Waals surface area contributed by atoms with Crippen LogP contribution in [0.5, 0.6) is 0 Å². The lowest BCUT2D eigenvalue weighted by molar-refractivity contribution is 0.0541. The first-order valence-electron chi connectivity index (χ1n) is 7.56. The van der Waals surface area contributed by atoms with E-state index in [-0.39, 0.29) is 6.10 Å². The molecule has 7 nitrogen and oxygen atoms in total. The molecule has 1 aliphatic heterocycles. The summed E-state index contributed by atoms with van der Waals surface area (Å²) in [6.45, 7) is 3.15. The van der Waals surface area contributed by atoms with Gasteiger partial charge in [0.05, 0.1) is 19.2 Å². The molecule has 0 radical (unpaired) electrons. The molecule has 0 spiro atoms. The van der Waals surface area contributed by atoms with Crippen LogP contribution in [0.3, 0.4) is 0 Å². The molecule has 1 saturated heterocycles. The van der Waals surface area contributed by atoms with E-state index in [9.17, 15) is 0 Å². The van der Waals surface area contributed by atoms with Crippen LogP contribution < -0.4 is 4.90 Å². The second-order valence-electron chi connectivity index (χ2n) is 5.72. The third-order valence-corrected chi connectivity index (χ3v) is 3.93. The summed E-state index contributed by atoms with van der Waals surface area (Å²) >= 11 is 0. The van der Waals surface area contributed by atoms with E-state index >= 15 is 0 Å². The normalized spacial score (nSPS) is 23.2. The van der Waals surface area contributed by atoms with Crippen LogP contribution in [0.15, 0.2) is 22.9 Å². The average molecular weight is 289 g/mol. The third kappa shape index (κ3) is 2.92. The molecule has 2 aliphatic rings. The lowest BCUT2D eigenvalue weighted by atomic mass is 10.3. The van der Waals surface area contributed by atoms with E-state index in [1.165, 1.54) is 12.8 Å². The van der Waals surface area contributed by atoms with Crippen molar-refractivity contribution < 1.29 is 9.15 Å². The number of ether oxygens (including phenoxy) is 1. The Balaban J connectivity index is 1.45. The molecule has 1 saturated carbocycles. The summed E-state index contributed by atoms with van der Waals surface area (Å²) in [5.74, 6) is 1.29. The summed E-state index contributed by atoms with van der Waals surface area (Å²) in [7, 11) is 0. The van der Waals surface area contributed by atoms with E-state index < -0.39 is 0 Å². The molecule has 0 amide bonds. The van der Waals surface area contributed by atoms with Crippen molar-refractivity contribution in [3.8, 4) is 0 Å². The first-order chi connectivity index (χ1) is 10.4. The first kappa shape index (κ1) is 12.8. The molecule has 0 bridgehead atoms. The molecule has 1 aliphatic carbocycles. The Morgan fingerprint density at radius 2 is 2.24 bits per heavy atom. The number of rotatable bonds is 4. The molecule has 7 heteroatoms. The smallest absolute Gasteiger partial charge is 0.318 e. The summed E-state index contributed by atoms with van der Waals surface area (Å²) in [5.41, 5.74) is 0. The monoisotopic (exact) mass is 289 g/mol. The van der Waals surface area contributed by atoms with Crippen LogP contribution in [-0.2, 0) is 11.3 Å². The van der Waals surface area contributed by atoms with Crippen LogP contribution in [0.4, 0.5) is 6.01 Å². The van der Waals surface area contributed by atoms with Gasteiger partial charge in [0, 0.05) is 31.5 Å². The third-order valence-electron chi connectivity index (χ3n) is 3.93. The average Bonchev–Trinajstić information content (AvgIpc) is 3.09. The summed E-state index contributed by atoms with van der Waals surface area (Å²) in [4.78, 5) is 2.14. The molecular formula is C14H19N5O2. The van der Waals surface area contributed by atoms with Gasteiger partial charge in [0.1, 0.15) is 0 Å². The number of aromatic nitrogens is 4. The first-order valence-corrected chi connectivity index (χ1v) is 7.56. The van der Waals surface area contributed by atoms with E-state index in [2.05, 4.69) is 20.2 Å². The van der Waals surface area contributed by atoms with Crippen molar-refractivity contribution in [3.05, 3.63) is 24.4 Å². The molecule has 0 unspecified atom stereocenters. The van der Waals surface area contributed by atoms with Gasteiger partial charge in [0.2, 0.25) is 5.89 Å². The minimum atomic E-state index is 0.0867. The summed E-state index contributed by atoms with van der Waals surface area (Å²) in [5, 5.41) is 12.6. The zero-order valence-electron chi connectivity index (χ0n) is 11.9. The lowest BCUT2D eigenvalue weighted by Gasteiger charge is -2.21. The molecule has 2 aromatic heterocycles. The molecular weight excluding hydrogens is 270 g/mol. The van der Waals surface area contributed by atoms with E-state index in [0.29, 0.717) is 11.9 Å². The molecule has 0 aromatic carbocycles. The van der Waals surface area contributed by atoms with Crippen LogP contribution in [-0.4, -0.2) is 45.8 Å². The van der Waals surface area contributed by atoms with Gasteiger partial charge in [0.25, 0.3) is 0 Å². The maximum atomic E-state index is 5.90. The number of nitrogens with zero attached hydrogens (tertiary/aromatic N) is 5. The zero-order valence-corrected chi connectivity index (χ0v) is 11.9. The SMILES string of the molecule is c1cnn(C[C@H]2CN(c3nnc(C4CC4)o3)CCCO2)c1. The fourth-order valence-electron chi connectivity index (χ4n) is 2.65. The van der Waals surface area contributed by atoms with Crippen LogP contribution in [0.1, 0.15) is 31.1 Å². The zero-order chi connectivity index (χ0) is 14.1. The second-order valence-corrected chi connectivity index (χ2v) is 5.72. The summed E-state index contributed by atoms with van der Waals surface area (Å²) in [6, 6.07) is 2.56. The van der Waals surface area contributed by atoms with Crippen molar-refractivity contribution >= 4 is 6.01 Å². The second kappa shape index (κ2) is 5.48. The van der Waals surface area contributed by atoms with Gasteiger partial charge in [-0.05, 0) is 25.3 Å². The van der Waals surface area contributed by atoms with Crippen molar-refractivity contribution in [2.75, 3.05) is 24.6 Å². The van der Waals surface area contributed by atoms with Gasteiger partial charge >= 0.3 is 6.01 Å². The van der Waals surface area contributed by atoms with Gasteiger partial charge in [-0.1, -0.05) is 5.10 Å². The molecule has 1 atom stereocenters. The highest BCUT2D eigenvalue weighted by atomic mass is 16.5. The van der Waals surface area contributed by atoms with Crippen LogP contribution in [0, 0.1) is 0 Å². The highest BCUT2D eigenvalue weighted by Crippen LogP contribution is 2.39. The Hall–Kier alpha value is -1.89. The molecule has 21 heavy (non-hydrogen) atoms. The van der Waals surface area contributed by atoms with E-state index in [1.54, 1.807) is 6.20 Å². The van der Waals surface area contributed by atoms with Gasteiger partial charge in [0.15, 0.2) is 0 Å².